The summed E-state index contributed by atoms with van der Waals surface area (Å²) in [5, 5.41) is 0. The van der Waals surface area contributed by atoms with Crippen LogP contribution in [0.1, 0.15) is 38.5 Å². The maximum atomic E-state index is 12.6. The summed E-state index contributed by atoms with van der Waals surface area (Å²) < 4.78 is 5.89. The monoisotopic (exact) mass is 456 g/mol. The Bertz CT molecular complexity index is 1070. The van der Waals surface area contributed by atoms with Gasteiger partial charge in [-0.05, 0) is 54.8 Å². The zero-order valence-corrected chi connectivity index (χ0v) is 19.6. The fourth-order valence-electron chi connectivity index (χ4n) is 4.92. The van der Waals surface area contributed by atoms with Crippen LogP contribution in [0.15, 0.2) is 66.9 Å². The summed E-state index contributed by atoms with van der Waals surface area (Å²) in [6.45, 7) is 3.01. The number of carbonyl (C=O) groups is 1. The predicted molar refractivity (Wildman–Crippen MR) is 134 cm³/mol. The van der Waals surface area contributed by atoms with E-state index in [1.807, 2.05) is 71.8 Å². The zero-order chi connectivity index (χ0) is 23.2. The highest BCUT2D eigenvalue weighted by atomic mass is 16.5. The Morgan fingerprint density at radius 2 is 1.59 bits per heavy atom. The van der Waals surface area contributed by atoms with Crippen LogP contribution in [0.25, 0.3) is 11.3 Å². The Morgan fingerprint density at radius 3 is 2.32 bits per heavy atom. The molecule has 1 saturated heterocycles. The van der Waals surface area contributed by atoms with E-state index < -0.39 is 0 Å². The van der Waals surface area contributed by atoms with Gasteiger partial charge in [-0.1, -0.05) is 43.9 Å². The number of hydrogen-bond donors (Lipinski definition) is 0. The van der Waals surface area contributed by atoms with Crippen LogP contribution in [0.2, 0.25) is 0 Å². The predicted octanol–water partition coefficient (Wildman–Crippen LogP) is 5.55. The molecular formula is C28H32N4O2. The van der Waals surface area contributed by atoms with Gasteiger partial charge < -0.3 is 14.5 Å². The zero-order valence-electron chi connectivity index (χ0n) is 19.6. The third kappa shape index (κ3) is 5.56. The van der Waals surface area contributed by atoms with Crippen LogP contribution >= 0.6 is 0 Å². The first-order valence-corrected chi connectivity index (χ1v) is 12.4. The number of hydrogen-bond acceptors (Lipinski definition) is 5. The molecule has 2 aromatic carbocycles. The molecule has 0 N–H and O–H groups in total. The third-order valence-corrected chi connectivity index (χ3v) is 6.93. The molecule has 34 heavy (non-hydrogen) atoms. The van der Waals surface area contributed by atoms with E-state index in [0.29, 0.717) is 12.3 Å². The normalized spacial score (nSPS) is 16.6. The SMILES string of the molecule is O=C(CCC1CCCC1)N1CCN(c2nccc(-c3ccc(Oc4ccccc4)cc3)n2)CC1. The highest BCUT2D eigenvalue weighted by Gasteiger charge is 2.24. The number of nitrogens with zero attached hydrogens (tertiary/aromatic N) is 4. The lowest BCUT2D eigenvalue weighted by atomic mass is 10.0. The van der Waals surface area contributed by atoms with Gasteiger partial charge in [-0.2, -0.15) is 0 Å². The molecule has 1 aliphatic heterocycles. The Hall–Kier alpha value is -3.41. The van der Waals surface area contributed by atoms with Gasteiger partial charge in [0.1, 0.15) is 11.5 Å². The van der Waals surface area contributed by atoms with Gasteiger partial charge in [-0.25, -0.2) is 9.97 Å². The smallest absolute Gasteiger partial charge is 0.225 e. The van der Waals surface area contributed by atoms with Crippen molar-refractivity contribution < 1.29 is 9.53 Å². The van der Waals surface area contributed by atoms with Crippen LogP contribution in [0.4, 0.5) is 5.95 Å². The van der Waals surface area contributed by atoms with E-state index in [0.717, 1.165) is 67.2 Å². The summed E-state index contributed by atoms with van der Waals surface area (Å²) in [6, 6.07) is 19.6. The number of aromatic nitrogens is 2. The molecule has 0 spiro atoms. The number of para-hydroxylation sites is 1. The van der Waals surface area contributed by atoms with Crippen LogP contribution in [0, 0.1) is 5.92 Å². The first-order chi connectivity index (χ1) is 16.7. The van der Waals surface area contributed by atoms with Crippen molar-refractivity contribution in [2.75, 3.05) is 31.1 Å². The summed E-state index contributed by atoms with van der Waals surface area (Å²) in [6.07, 6.45) is 8.84. The topological polar surface area (TPSA) is 58.6 Å². The molecule has 5 rings (SSSR count). The van der Waals surface area contributed by atoms with E-state index in [1.54, 1.807) is 0 Å². The summed E-state index contributed by atoms with van der Waals surface area (Å²) >= 11 is 0. The number of rotatable bonds is 7. The van der Waals surface area contributed by atoms with Crippen molar-refractivity contribution >= 4 is 11.9 Å². The number of ether oxygens (including phenoxy) is 1. The van der Waals surface area contributed by atoms with Crippen molar-refractivity contribution in [3.05, 3.63) is 66.9 Å². The van der Waals surface area contributed by atoms with Gasteiger partial charge >= 0.3 is 0 Å². The van der Waals surface area contributed by atoms with Crippen LogP contribution < -0.4 is 9.64 Å². The molecule has 1 aliphatic carbocycles. The molecular weight excluding hydrogens is 424 g/mol. The molecule has 176 valence electrons. The minimum Gasteiger partial charge on any atom is -0.457 e. The fourth-order valence-corrected chi connectivity index (χ4v) is 4.92. The number of benzene rings is 2. The molecule has 1 aromatic heterocycles. The van der Waals surface area contributed by atoms with Crippen molar-refractivity contribution in [3.8, 4) is 22.8 Å². The second kappa shape index (κ2) is 10.7. The Labute approximate surface area is 201 Å². The van der Waals surface area contributed by atoms with Crippen LogP contribution in [0.5, 0.6) is 11.5 Å². The summed E-state index contributed by atoms with van der Waals surface area (Å²) in [7, 11) is 0. The second-order valence-electron chi connectivity index (χ2n) is 9.24. The van der Waals surface area contributed by atoms with Crippen molar-refractivity contribution in [1.29, 1.82) is 0 Å². The van der Waals surface area contributed by atoms with Crippen molar-refractivity contribution in [3.63, 3.8) is 0 Å². The molecule has 6 heteroatoms. The number of piperazine rings is 1. The summed E-state index contributed by atoms with van der Waals surface area (Å²) in [4.78, 5) is 26.2. The lowest BCUT2D eigenvalue weighted by molar-refractivity contribution is -0.131. The quantitative estimate of drug-likeness (QED) is 0.466. The molecule has 3 aromatic rings. The Morgan fingerprint density at radius 1 is 0.882 bits per heavy atom. The molecule has 0 unspecified atom stereocenters. The summed E-state index contributed by atoms with van der Waals surface area (Å²) in [5.41, 5.74) is 1.90. The maximum absolute atomic E-state index is 12.6. The van der Waals surface area contributed by atoms with E-state index >= 15 is 0 Å². The molecule has 2 aliphatic rings. The average molecular weight is 457 g/mol. The van der Waals surface area contributed by atoms with Gasteiger partial charge in [0.2, 0.25) is 11.9 Å². The molecule has 2 heterocycles. The van der Waals surface area contributed by atoms with Gasteiger partial charge in [-0.3, -0.25) is 4.79 Å². The lowest BCUT2D eigenvalue weighted by Crippen LogP contribution is -2.49. The van der Waals surface area contributed by atoms with Crippen molar-refractivity contribution in [1.82, 2.24) is 14.9 Å². The van der Waals surface area contributed by atoms with E-state index in [2.05, 4.69) is 9.88 Å². The van der Waals surface area contributed by atoms with Crippen LogP contribution in [-0.4, -0.2) is 47.0 Å². The Kier molecular flexibility index (Phi) is 7.03. The third-order valence-electron chi connectivity index (χ3n) is 6.93. The molecule has 0 radical (unpaired) electrons. The number of amides is 1. The number of anilines is 1. The van der Waals surface area contributed by atoms with Crippen molar-refractivity contribution in [2.45, 2.75) is 38.5 Å². The molecule has 1 saturated carbocycles. The molecule has 0 atom stereocenters. The highest BCUT2D eigenvalue weighted by molar-refractivity contribution is 5.76. The van der Waals surface area contributed by atoms with E-state index in [1.165, 1.54) is 25.7 Å². The summed E-state index contributed by atoms with van der Waals surface area (Å²) in [5.74, 6) is 3.40. The lowest BCUT2D eigenvalue weighted by Gasteiger charge is -2.35. The van der Waals surface area contributed by atoms with Gasteiger partial charge in [0, 0.05) is 44.4 Å². The molecule has 6 nitrogen and oxygen atoms in total. The molecule has 1 amide bonds. The van der Waals surface area contributed by atoms with Gasteiger partial charge in [0.15, 0.2) is 0 Å². The number of carbonyl (C=O) groups excluding carboxylic acids is 1. The largest absolute Gasteiger partial charge is 0.457 e. The van der Waals surface area contributed by atoms with E-state index in [9.17, 15) is 4.79 Å². The Balaban J connectivity index is 1.16. The molecule has 2 fully saturated rings. The first kappa shape index (κ1) is 22.4. The van der Waals surface area contributed by atoms with Gasteiger partial charge in [-0.15, -0.1) is 0 Å². The second-order valence-corrected chi connectivity index (χ2v) is 9.24. The minimum atomic E-state index is 0.305. The minimum absolute atomic E-state index is 0.305. The first-order valence-electron chi connectivity index (χ1n) is 12.4. The van der Waals surface area contributed by atoms with E-state index in [-0.39, 0.29) is 0 Å². The van der Waals surface area contributed by atoms with Gasteiger partial charge in [0.05, 0.1) is 5.69 Å². The fraction of sp³-hybridized carbons (Fsp3) is 0.393. The van der Waals surface area contributed by atoms with Crippen LogP contribution in [-0.2, 0) is 4.79 Å². The average Bonchev–Trinajstić information content (AvgIpc) is 3.42. The van der Waals surface area contributed by atoms with Gasteiger partial charge in [0.25, 0.3) is 0 Å². The van der Waals surface area contributed by atoms with Crippen molar-refractivity contribution in [2.24, 2.45) is 5.92 Å². The maximum Gasteiger partial charge on any atom is 0.225 e. The highest BCUT2D eigenvalue weighted by Crippen LogP contribution is 2.29. The van der Waals surface area contributed by atoms with E-state index in [4.69, 9.17) is 9.72 Å². The van der Waals surface area contributed by atoms with Crippen LogP contribution in [0.3, 0.4) is 0 Å². The standard InChI is InChI=1S/C28H32N4O2/c33-27(15-10-22-6-4-5-7-22)31-18-20-32(21-19-31)28-29-17-16-26(30-28)23-11-13-25(14-12-23)34-24-8-2-1-3-9-24/h1-3,8-9,11-14,16-17,22H,4-7,10,15,18-21H2. The molecule has 0 bridgehead atoms.